The zero-order valence-corrected chi connectivity index (χ0v) is 22.0. The van der Waals surface area contributed by atoms with Crippen LogP contribution in [0.4, 0.5) is 18.9 Å². The summed E-state index contributed by atoms with van der Waals surface area (Å²) in [6.07, 6.45) is -1.87. The van der Waals surface area contributed by atoms with Crippen LogP contribution in [0.25, 0.3) is 11.1 Å². The standard InChI is InChI=1S/C28H24F3N3O5S/c1-17-14-19(22-7-3-4-8-24(22)28(29,30)31)15-23(26(35)34-36)25(17)33-27(18-6-5-13-32-16-18)40(37,38)21-11-9-20(39-2)10-12-21/h3-16,27,33,36H,1-2H3,(H,34,35). The van der Waals surface area contributed by atoms with E-state index in [9.17, 15) is 31.6 Å². The van der Waals surface area contributed by atoms with Crippen LogP contribution in [0.15, 0.2) is 90.1 Å². The third-order valence-electron chi connectivity index (χ3n) is 6.19. The van der Waals surface area contributed by atoms with Crippen LogP contribution in [0.5, 0.6) is 5.75 Å². The predicted molar refractivity (Wildman–Crippen MR) is 142 cm³/mol. The topological polar surface area (TPSA) is 118 Å². The molecule has 1 atom stereocenters. The maximum atomic E-state index is 13.8. The monoisotopic (exact) mass is 571 g/mol. The smallest absolute Gasteiger partial charge is 0.417 e. The normalized spacial score (nSPS) is 12.4. The van der Waals surface area contributed by atoms with E-state index in [0.29, 0.717) is 5.75 Å². The maximum absolute atomic E-state index is 13.8. The molecule has 0 radical (unpaired) electrons. The lowest BCUT2D eigenvalue weighted by atomic mass is 9.94. The van der Waals surface area contributed by atoms with Gasteiger partial charge in [-0.1, -0.05) is 24.3 Å². The zero-order chi connectivity index (χ0) is 29.1. The molecule has 0 bridgehead atoms. The van der Waals surface area contributed by atoms with Crippen molar-refractivity contribution >= 4 is 21.4 Å². The third kappa shape index (κ3) is 5.77. The number of methoxy groups -OCH3 is 1. The molecule has 1 unspecified atom stereocenters. The molecule has 0 aliphatic rings. The molecule has 3 aromatic carbocycles. The first kappa shape index (κ1) is 28.6. The van der Waals surface area contributed by atoms with Crippen molar-refractivity contribution in [1.82, 2.24) is 10.5 Å². The van der Waals surface area contributed by atoms with Crippen LogP contribution >= 0.6 is 0 Å². The lowest BCUT2D eigenvalue weighted by Crippen LogP contribution is -2.26. The molecule has 0 saturated carbocycles. The molecule has 208 valence electrons. The van der Waals surface area contributed by atoms with Gasteiger partial charge < -0.3 is 10.1 Å². The highest BCUT2D eigenvalue weighted by Gasteiger charge is 2.35. The molecule has 0 aliphatic heterocycles. The minimum atomic E-state index is -4.67. The highest BCUT2D eigenvalue weighted by molar-refractivity contribution is 7.91. The van der Waals surface area contributed by atoms with E-state index in [1.54, 1.807) is 6.07 Å². The Morgan fingerprint density at radius 1 is 1.02 bits per heavy atom. The summed E-state index contributed by atoms with van der Waals surface area (Å²) in [6, 6.07) is 16.2. The Bertz CT molecular complexity index is 1630. The van der Waals surface area contributed by atoms with Gasteiger partial charge in [0, 0.05) is 18.0 Å². The second kappa shape index (κ2) is 11.4. The summed E-state index contributed by atoms with van der Waals surface area (Å²) in [7, 11) is -2.74. The highest BCUT2D eigenvalue weighted by atomic mass is 32.2. The molecule has 3 N–H and O–H groups in total. The molecule has 0 spiro atoms. The van der Waals surface area contributed by atoms with Crippen molar-refractivity contribution in [2.75, 3.05) is 12.4 Å². The molecular formula is C28H24F3N3O5S. The summed E-state index contributed by atoms with van der Waals surface area (Å²) >= 11 is 0. The number of anilines is 1. The fraction of sp³-hybridized carbons (Fsp3) is 0.143. The quantitative estimate of drug-likeness (QED) is 0.181. The fourth-order valence-corrected chi connectivity index (χ4v) is 5.82. The Morgan fingerprint density at radius 3 is 2.33 bits per heavy atom. The van der Waals surface area contributed by atoms with E-state index in [4.69, 9.17) is 4.74 Å². The van der Waals surface area contributed by atoms with Crippen LogP contribution in [0.3, 0.4) is 0 Å². The number of sulfone groups is 1. The number of hydroxylamine groups is 1. The number of pyridine rings is 1. The van der Waals surface area contributed by atoms with Crippen molar-refractivity contribution in [3.8, 4) is 16.9 Å². The van der Waals surface area contributed by atoms with Gasteiger partial charge in [0.1, 0.15) is 5.75 Å². The first-order valence-corrected chi connectivity index (χ1v) is 13.3. The van der Waals surface area contributed by atoms with Gasteiger partial charge in [-0.05, 0) is 72.1 Å². The molecule has 1 amide bonds. The molecule has 8 nitrogen and oxygen atoms in total. The lowest BCUT2D eigenvalue weighted by molar-refractivity contribution is -0.137. The number of hydrogen-bond acceptors (Lipinski definition) is 7. The van der Waals surface area contributed by atoms with Crippen molar-refractivity contribution in [1.29, 1.82) is 0 Å². The zero-order valence-electron chi connectivity index (χ0n) is 21.2. The fourth-order valence-electron chi connectivity index (χ4n) is 4.26. The Morgan fingerprint density at radius 2 is 1.73 bits per heavy atom. The number of nitrogens with zero attached hydrogens (tertiary/aromatic N) is 1. The number of halogens is 3. The average Bonchev–Trinajstić information content (AvgIpc) is 2.95. The molecule has 4 rings (SSSR count). The van der Waals surface area contributed by atoms with Gasteiger partial charge in [0.25, 0.3) is 5.91 Å². The largest absolute Gasteiger partial charge is 0.497 e. The van der Waals surface area contributed by atoms with Crippen LogP contribution in [0.2, 0.25) is 0 Å². The maximum Gasteiger partial charge on any atom is 0.417 e. The number of carbonyl (C=O) groups is 1. The average molecular weight is 572 g/mol. The molecule has 1 heterocycles. The number of nitrogens with one attached hydrogen (secondary N) is 2. The first-order valence-electron chi connectivity index (χ1n) is 11.8. The van der Waals surface area contributed by atoms with Crippen molar-refractivity contribution in [3.63, 3.8) is 0 Å². The summed E-state index contributed by atoms with van der Waals surface area (Å²) in [5, 5.41) is 10.9. The summed E-state index contributed by atoms with van der Waals surface area (Å²) in [5.41, 5.74) is 0.647. The van der Waals surface area contributed by atoms with Gasteiger partial charge >= 0.3 is 6.18 Å². The molecule has 0 fully saturated rings. The highest BCUT2D eigenvalue weighted by Crippen LogP contribution is 2.40. The SMILES string of the molecule is COc1ccc(S(=O)(=O)C(Nc2c(C)cc(-c3ccccc3C(F)(F)F)cc2C(=O)NO)c2cccnc2)cc1. The Balaban J connectivity index is 1.89. The second-order valence-electron chi connectivity index (χ2n) is 8.73. The number of hydrogen-bond donors (Lipinski definition) is 3. The van der Waals surface area contributed by atoms with Gasteiger partial charge in [0.2, 0.25) is 9.84 Å². The van der Waals surface area contributed by atoms with Crippen molar-refractivity contribution in [3.05, 3.63) is 107 Å². The number of ether oxygens (including phenoxy) is 1. The van der Waals surface area contributed by atoms with E-state index in [1.165, 1.54) is 86.5 Å². The van der Waals surface area contributed by atoms with E-state index in [-0.39, 0.29) is 38.4 Å². The summed E-state index contributed by atoms with van der Waals surface area (Å²) in [4.78, 5) is 16.7. The van der Waals surface area contributed by atoms with Crippen molar-refractivity contribution in [2.45, 2.75) is 23.4 Å². The van der Waals surface area contributed by atoms with Crippen LogP contribution < -0.4 is 15.5 Å². The number of carbonyl (C=O) groups excluding carboxylic acids is 1. The minimum Gasteiger partial charge on any atom is -0.497 e. The van der Waals surface area contributed by atoms with E-state index in [0.717, 1.165) is 12.1 Å². The van der Waals surface area contributed by atoms with Crippen LogP contribution in [0.1, 0.15) is 32.4 Å². The first-order chi connectivity index (χ1) is 19.0. The van der Waals surface area contributed by atoms with E-state index in [2.05, 4.69) is 10.3 Å². The van der Waals surface area contributed by atoms with Gasteiger partial charge in [0.05, 0.1) is 28.8 Å². The predicted octanol–water partition coefficient (Wildman–Crippen LogP) is 5.79. The Labute approximate surface area is 228 Å². The van der Waals surface area contributed by atoms with Crippen LogP contribution in [-0.4, -0.2) is 31.6 Å². The van der Waals surface area contributed by atoms with Gasteiger partial charge in [0.15, 0.2) is 5.37 Å². The van der Waals surface area contributed by atoms with E-state index < -0.39 is 32.9 Å². The number of aryl methyl sites for hydroxylation is 1. The van der Waals surface area contributed by atoms with Crippen molar-refractivity contribution in [2.24, 2.45) is 0 Å². The second-order valence-corrected chi connectivity index (χ2v) is 10.8. The van der Waals surface area contributed by atoms with E-state index in [1.807, 2.05) is 0 Å². The third-order valence-corrected chi connectivity index (χ3v) is 8.13. The summed E-state index contributed by atoms with van der Waals surface area (Å²) < 4.78 is 74.0. The van der Waals surface area contributed by atoms with Gasteiger partial charge in [-0.25, -0.2) is 13.9 Å². The number of aromatic nitrogens is 1. The van der Waals surface area contributed by atoms with Crippen LogP contribution in [0, 0.1) is 6.92 Å². The molecular weight excluding hydrogens is 547 g/mol. The Hall–Kier alpha value is -4.42. The van der Waals surface area contributed by atoms with Gasteiger partial charge in [-0.15, -0.1) is 0 Å². The molecule has 12 heteroatoms. The number of benzene rings is 3. The van der Waals surface area contributed by atoms with Gasteiger partial charge in [-0.2, -0.15) is 13.2 Å². The summed E-state index contributed by atoms with van der Waals surface area (Å²) in [5.74, 6) is -0.610. The summed E-state index contributed by atoms with van der Waals surface area (Å²) in [6.45, 7) is 1.51. The number of rotatable bonds is 8. The van der Waals surface area contributed by atoms with Crippen LogP contribution in [-0.2, 0) is 16.0 Å². The number of amides is 1. The van der Waals surface area contributed by atoms with Crippen molar-refractivity contribution < 1.29 is 36.3 Å². The molecule has 0 saturated heterocycles. The van der Waals surface area contributed by atoms with E-state index >= 15 is 0 Å². The minimum absolute atomic E-state index is 0.00858. The molecule has 1 aromatic heterocycles. The molecule has 4 aromatic rings. The lowest BCUT2D eigenvalue weighted by Gasteiger charge is -2.24. The Kier molecular flexibility index (Phi) is 8.12. The molecule has 40 heavy (non-hydrogen) atoms. The molecule has 0 aliphatic carbocycles. The number of alkyl halides is 3. The van der Waals surface area contributed by atoms with Gasteiger partial charge in [-0.3, -0.25) is 15.0 Å².